The van der Waals surface area contributed by atoms with Crippen LogP contribution < -0.4 is 5.56 Å². The van der Waals surface area contributed by atoms with Crippen molar-refractivity contribution in [2.45, 2.75) is 32.9 Å². The number of rotatable bonds is 6. The second-order valence-electron chi connectivity index (χ2n) is 6.23. The number of carbonyl (C=O) groups is 2. The number of hydrogen-bond donors (Lipinski definition) is 0. The number of ether oxygens (including phenoxy) is 1. The van der Waals surface area contributed by atoms with E-state index >= 15 is 0 Å². The number of fused-ring (bicyclic) bond motifs is 1. The van der Waals surface area contributed by atoms with Gasteiger partial charge in [0.25, 0.3) is 5.56 Å². The predicted octanol–water partition coefficient (Wildman–Crippen LogP) is 1.51. The predicted molar refractivity (Wildman–Crippen MR) is 98.5 cm³/mol. The third kappa shape index (κ3) is 3.79. The van der Waals surface area contributed by atoms with Gasteiger partial charge in [0.05, 0.1) is 6.20 Å². The van der Waals surface area contributed by atoms with Gasteiger partial charge in [0.1, 0.15) is 18.3 Å². The Bertz CT molecular complexity index is 1050. The van der Waals surface area contributed by atoms with Gasteiger partial charge in [-0.25, -0.2) is 4.98 Å². The van der Waals surface area contributed by atoms with Crippen molar-refractivity contribution in [2.75, 3.05) is 0 Å². The summed E-state index contributed by atoms with van der Waals surface area (Å²) < 4.78 is 7.82. The topological polar surface area (TPSA) is 96.1 Å². The van der Waals surface area contributed by atoms with E-state index in [2.05, 4.69) is 10.1 Å². The van der Waals surface area contributed by atoms with Crippen LogP contribution in [0, 0.1) is 0 Å². The van der Waals surface area contributed by atoms with Crippen molar-refractivity contribution < 1.29 is 14.3 Å². The molecular weight excluding hydrogens is 348 g/mol. The lowest BCUT2D eigenvalue weighted by molar-refractivity contribution is -0.147. The minimum Gasteiger partial charge on any atom is -0.453 e. The summed E-state index contributed by atoms with van der Waals surface area (Å²) in [4.78, 5) is 41.1. The van der Waals surface area contributed by atoms with Gasteiger partial charge in [0, 0.05) is 12.6 Å². The van der Waals surface area contributed by atoms with E-state index in [1.807, 2.05) is 19.1 Å². The number of ketones is 1. The van der Waals surface area contributed by atoms with E-state index in [9.17, 15) is 14.4 Å². The summed E-state index contributed by atoms with van der Waals surface area (Å²) in [5, 5.41) is 4.29. The number of aryl methyl sites for hydroxylation is 2. The van der Waals surface area contributed by atoms with Gasteiger partial charge in [-0.05, 0) is 18.9 Å². The standard InChI is InChI=1S/C19H20N4O4/c1-4-13-5-7-14(8-6-13)17(25)12(2)27-16(24)10-23-11-20-18-15(19(23)26)9-21-22(18)3/h5-9,11-12H,4,10H2,1-3H3/t12-/m0/s1. The van der Waals surface area contributed by atoms with Crippen molar-refractivity contribution in [3.8, 4) is 0 Å². The maximum atomic E-state index is 12.4. The number of carbonyl (C=O) groups excluding carboxylic acids is 2. The van der Waals surface area contributed by atoms with Gasteiger partial charge in [-0.15, -0.1) is 0 Å². The zero-order chi connectivity index (χ0) is 19.6. The Morgan fingerprint density at radius 1 is 1.22 bits per heavy atom. The molecule has 1 atom stereocenters. The lowest BCUT2D eigenvalue weighted by atomic mass is 10.0. The molecular formula is C19H20N4O4. The summed E-state index contributed by atoms with van der Waals surface area (Å²) in [6, 6.07) is 7.18. The van der Waals surface area contributed by atoms with Crippen molar-refractivity contribution in [3.63, 3.8) is 0 Å². The van der Waals surface area contributed by atoms with Crippen LogP contribution >= 0.6 is 0 Å². The molecule has 0 aliphatic carbocycles. The number of Topliss-reactive ketones (excluding diaryl/α,β-unsaturated/α-hetero) is 1. The highest BCUT2D eigenvalue weighted by molar-refractivity contribution is 6.00. The van der Waals surface area contributed by atoms with E-state index in [0.29, 0.717) is 16.6 Å². The number of esters is 1. The maximum Gasteiger partial charge on any atom is 0.326 e. The van der Waals surface area contributed by atoms with Crippen molar-refractivity contribution in [1.29, 1.82) is 0 Å². The SMILES string of the molecule is CCc1ccc(C(=O)[C@H](C)OC(=O)Cn2cnc3c(cnn3C)c2=O)cc1. The van der Waals surface area contributed by atoms with E-state index < -0.39 is 12.1 Å². The summed E-state index contributed by atoms with van der Waals surface area (Å²) in [5.74, 6) is -0.979. The number of benzene rings is 1. The number of aromatic nitrogens is 4. The van der Waals surface area contributed by atoms with E-state index in [1.165, 1.54) is 24.1 Å². The van der Waals surface area contributed by atoms with Gasteiger partial charge in [-0.1, -0.05) is 31.2 Å². The Hall–Kier alpha value is -3.29. The zero-order valence-corrected chi connectivity index (χ0v) is 15.4. The quantitative estimate of drug-likeness (QED) is 0.483. The van der Waals surface area contributed by atoms with Crippen LogP contribution in [0.4, 0.5) is 0 Å². The first-order valence-electron chi connectivity index (χ1n) is 8.60. The molecule has 0 aliphatic rings. The molecule has 0 saturated carbocycles. The van der Waals surface area contributed by atoms with Gasteiger partial charge in [0.2, 0.25) is 5.78 Å². The van der Waals surface area contributed by atoms with Crippen LogP contribution in [0.3, 0.4) is 0 Å². The first-order valence-corrected chi connectivity index (χ1v) is 8.60. The van der Waals surface area contributed by atoms with Crippen LogP contribution in [0.25, 0.3) is 11.0 Å². The highest BCUT2D eigenvalue weighted by Crippen LogP contribution is 2.10. The molecule has 27 heavy (non-hydrogen) atoms. The second-order valence-corrected chi connectivity index (χ2v) is 6.23. The summed E-state index contributed by atoms with van der Waals surface area (Å²) >= 11 is 0. The monoisotopic (exact) mass is 368 g/mol. The molecule has 8 nitrogen and oxygen atoms in total. The first-order chi connectivity index (χ1) is 12.9. The molecule has 0 unspecified atom stereocenters. The molecule has 2 aromatic heterocycles. The molecule has 2 heterocycles. The minimum atomic E-state index is -0.948. The Morgan fingerprint density at radius 3 is 2.59 bits per heavy atom. The molecule has 140 valence electrons. The van der Waals surface area contributed by atoms with E-state index in [1.54, 1.807) is 19.2 Å². The summed E-state index contributed by atoms with van der Waals surface area (Å²) in [5.41, 5.74) is 1.64. The summed E-state index contributed by atoms with van der Waals surface area (Å²) in [6.07, 6.45) is 2.60. The molecule has 1 aromatic carbocycles. The van der Waals surface area contributed by atoms with Crippen LogP contribution in [-0.4, -0.2) is 37.2 Å². The van der Waals surface area contributed by atoms with E-state index in [0.717, 1.165) is 16.6 Å². The highest BCUT2D eigenvalue weighted by atomic mass is 16.5. The van der Waals surface area contributed by atoms with Gasteiger partial charge < -0.3 is 4.74 Å². The van der Waals surface area contributed by atoms with Crippen LogP contribution in [-0.2, 0) is 29.5 Å². The van der Waals surface area contributed by atoms with Gasteiger partial charge in [-0.2, -0.15) is 5.10 Å². The smallest absolute Gasteiger partial charge is 0.326 e. The Labute approximate surface area is 155 Å². The third-order valence-corrected chi connectivity index (χ3v) is 4.34. The van der Waals surface area contributed by atoms with Crippen LogP contribution in [0.1, 0.15) is 29.8 Å². The normalized spacial score (nSPS) is 12.1. The lowest BCUT2D eigenvalue weighted by Gasteiger charge is -2.13. The average Bonchev–Trinajstić information content (AvgIpc) is 3.05. The molecule has 0 amide bonds. The van der Waals surface area contributed by atoms with Gasteiger partial charge in [-0.3, -0.25) is 23.6 Å². The Balaban J connectivity index is 1.68. The molecule has 8 heteroatoms. The van der Waals surface area contributed by atoms with Crippen LogP contribution in [0.2, 0.25) is 0 Å². The molecule has 0 spiro atoms. The molecule has 0 N–H and O–H groups in total. The van der Waals surface area contributed by atoms with Gasteiger partial charge >= 0.3 is 5.97 Å². The summed E-state index contributed by atoms with van der Waals surface area (Å²) in [7, 11) is 1.67. The van der Waals surface area contributed by atoms with E-state index in [-0.39, 0.29) is 17.9 Å². The Kier molecular flexibility index (Phi) is 5.16. The fourth-order valence-corrected chi connectivity index (χ4v) is 2.75. The second kappa shape index (κ2) is 7.53. The lowest BCUT2D eigenvalue weighted by Crippen LogP contribution is -2.30. The van der Waals surface area contributed by atoms with Gasteiger partial charge in [0.15, 0.2) is 11.8 Å². The molecule has 3 aromatic rings. The minimum absolute atomic E-state index is 0.292. The average molecular weight is 368 g/mol. The third-order valence-electron chi connectivity index (χ3n) is 4.34. The molecule has 0 fully saturated rings. The molecule has 0 bridgehead atoms. The molecule has 0 aliphatic heterocycles. The molecule has 0 saturated heterocycles. The first kappa shape index (κ1) is 18.5. The Morgan fingerprint density at radius 2 is 1.93 bits per heavy atom. The maximum absolute atomic E-state index is 12.4. The van der Waals surface area contributed by atoms with Crippen molar-refractivity contribution >= 4 is 22.8 Å². The van der Waals surface area contributed by atoms with Crippen LogP contribution in [0.5, 0.6) is 0 Å². The fourth-order valence-electron chi connectivity index (χ4n) is 2.75. The summed E-state index contributed by atoms with van der Waals surface area (Å²) in [6.45, 7) is 3.21. The van der Waals surface area contributed by atoms with Crippen LogP contribution in [0.15, 0.2) is 41.6 Å². The van der Waals surface area contributed by atoms with Crippen molar-refractivity contribution in [3.05, 3.63) is 58.3 Å². The highest BCUT2D eigenvalue weighted by Gasteiger charge is 2.20. The fraction of sp³-hybridized carbons (Fsp3) is 0.316. The largest absolute Gasteiger partial charge is 0.453 e. The molecule has 3 rings (SSSR count). The molecule has 0 radical (unpaired) electrons. The van der Waals surface area contributed by atoms with Crippen molar-refractivity contribution in [2.24, 2.45) is 7.05 Å². The van der Waals surface area contributed by atoms with E-state index in [4.69, 9.17) is 4.74 Å². The zero-order valence-electron chi connectivity index (χ0n) is 15.4. The van der Waals surface area contributed by atoms with Crippen molar-refractivity contribution in [1.82, 2.24) is 19.3 Å². The number of hydrogen-bond acceptors (Lipinski definition) is 6. The number of nitrogens with zero attached hydrogens (tertiary/aromatic N) is 4.